The second-order valence-corrected chi connectivity index (χ2v) is 7.40. The third-order valence-corrected chi connectivity index (χ3v) is 6.15. The Balaban J connectivity index is 1.89. The van der Waals surface area contributed by atoms with E-state index in [1.807, 2.05) is 0 Å². The highest BCUT2D eigenvalue weighted by Gasteiger charge is 2.31. The molecule has 0 bridgehead atoms. The summed E-state index contributed by atoms with van der Waals surface area (Å²) in [6.45, 7) is 9.78. The number of hydrogen-bond donors (Lipinski definition) is 1. The zero-order valence-corrected chi connectivity index (χ0v) is 13.0. The Bertz CT molecular complexity index is 235. The van der Waals surface area contributed by atoms with Crippen molar-refractivity contribution in [2.45, 2.75) is 63.2 Å². The largest absolute Gasteiger partial charge is 0.310 e. The SMILES string of the molecule is CCC1(CC)CN(CC2CCCCS2)CCCN1. The highest BCUT2D eigenvalue weighted by Crippen LogP contribution is 2.27. The van der Waals surface area contributed by atoms with Gasteiger partial charge in [-0.1, -0.05) is 20.3 Å². The van der Waals surface area contributed by atoms with Crippen LogP contribution in [0.1, 0.15) is 52.4 Å². The number of thioether (sulfide) groups is 1. The maximum atomic E-state index is 3.81. The molecule has 2 nitrogen and oxygen atoms in total. The van der Waals surface area contributed by atoms with Crippen molar-refractivity contribution in [2.75, 3.05) is 31.9 Å². The van der Waals surface area contributed by atoms with Gasteiger partial charge >= 0.3 is 0 Å². The van der Waals surface area contributed by atoms with E-state index in [1.54, 1.807) is 0 Å². The van der Waals surface area contributed by atoms with Crippen LogP contribution in [-0.4, -0.2) is 47.6 Å². The predicted octanol–water partition coefficient (Wildman–Crippen LogP) is 3.13. The van der Waals surface area contributed by atoms with Gasteiger partial charge in [0.25, 0.3) is 0 Å². The third kappa shape index (κ3) is 3.88. The molecule has 0 radical (unpaired) electrons. The minimum Gasteiger partial charge on any atom is -0.310 e. The summed E-state index contributed by atoms with van der Waals surface area (Å²) in [6, 6.07) is 0. The minimum absolute atomic E-state index is 0.385. The van der Waals surface area contributed by atoms with Crippen molar-refractivity contribution in [3.63, 3.8) is 0 Å². The molecule has 3 heteroatoms. The highest BCUT2D eigenvalue weighted by atomic mass is 32.2. The molecule has 1 atom stereocenters. The Morgan fingerprint density at radius 2 is 2.06 bits per heavy atom. The molecule has 0 aromatic carbocycles. The first kappa shape index (κ1) is 14.7. The van der Waals surface area contributed by atoms with Crippen LogP contribution in [0.2, 0.25) is 0 Å². The molecular weight excluding hydrogens is 240 g/mol. The van der Waals surface area contributed by atoms with Gasteiger partial charge < -0.3 is 10.2 Å². The van der Waals surface area contributed by atoms with Crippen LogP contribution < -0.4 is 5.32 Å². The molecule has 0 saturated carbocycles. The highest BCUT2D eigenvalue weighted by molar-refractivity contribution is 7.99. The summed E-state index contributed by atoms with van der Waals surface area (Å²) in [6.07, 6.45) is 8.18. The lowest BCUT2D eigenvalue weighted by Crippen LogP contribution is -2.51. The number of rotatable bonds is 4. The lowest BCUT2D eigenvalue weighted by molar-refractivity contribution is 0.196. The van der Waals surface area contributed by atoms with Gasteiger partial charge in [0.15, 0.2) is 0 Å². The van der Waals surface area contributed by atoms with E-state index in [1.165, 1.54) is 70.5 Å². The van der Waals surface area contributed by atoms with Crippen LogP contribution in [0.5, 0.6) is 0 Å². The van der Waals surface area contributed by atoms with Gasteiger partial charge in [-0.15, -0.1) is 0 Å². The van der Waals surface area contributed by atoms with E-state index in [0.29, 0.717) is 5.54 Å². The molecule has 0 aromatic rings. The molecule has 1 unspecified atom stereocenters. The van der Waals surface area contributed by atoms with E-state index >= 15 is 0 Å². The molecule has 2 rings (SSSR count). The number of nitrogens with zero attached hydrogens (tertiary/aromatic N) is 1. The molecule has 0 aromatic heterocycles. The molecule has 2 saturated heterocycles. The van der Waals surface area contributed by atoms with Gasteiger partial charge in [-0.3, -0.25) is 0 Å². The van der Waals surface area contributed by atoms with Crippen molar-refractivity contribution in [2.24, 2.45) is 0 Å². The average molecular weight is 270 g/mol. The summed E-state index contributed by atoms with van der Waals surface area (Å²) in [7, 11) is 0. The third-order valence-electron chi connectivity index (χ3n) is 4.77. The molecule has 1 N–H and O–H groups in total. The van der Waals surface area contributed by atoms with Crippen LogP contribution in [0.15, 0.2) is 0 Å². The van der Waals surface area contributed by atoms with Gasteiger partial charge in [0.2, 0.25) is 0 Å². The standard InChI is InChI=1S/C15H30N2S/c1-3-15(4-2)13-17(10-7-9-16-15)12-14-8-5-6-11-18-14/h14,16H,3-13H2,1-2H3. The van der Waals surface area contributed by atoms with E-state index in [-0.39, 0.29) is 0 Å². The second-order valence-electron chi connectivity index (χ2n) is 5.99. The first-order valence-electron chi connectivity index (χ1n) is 7.87. The Labute approximate surface area is 117 Å². The number of hydrogen-bond acceptors (Lipinski definition) is 3. The Morgan fingerprint density at radius 3 is 2.72 bits per heavy atom. The van der Waals surface area contributed by atoms with E-state index < -0.39 is 0 Å². The molecule has 2 aliphatic rings. The molecule has 2 aliphatic heterocycles. The van der Waals surface area contributed by atoms with Crippen LogP contribution >= 0.6 is 11.8 Å². The van der Waals surface area contributed by atoms with Crippen molar-refractivity contribution >= 4 is 11.8 Å². The van der Waals surface area contributed by atoms with Crippen LogP contribution in [0.25, 0.3) is 0 Å². The Hall–Kier alpha value is 0.270. The van der Waals surface area contributed by atoms with Crippen LogP contribution in [0.3, 0.4) is 0 Å². The molecule has 2 heterocycles. The quantitative estimate of drug-likeness (QED) is 0.845. The average Bonchev–Trinajstić information content (AvgIpc) is 2.63. The van der Waals surface area contributed by atoms with Crippen molar-refractivity contribution in [1.29, 1.82) is 0 Å². The van der Waals surface area contributed by atoms with E-state index in [9.17, 15) is 0 Å². The van der Waals surface area contributed by atoms with Crippen LogP contribution in [-0.2, 0) is 0 Å². The van der Waals surface area contributed by atoms with Gasteiger partial charge in [-0.25, -0.2) is 0 Å². The minimum atomic E-state index is 0.385. The topological polar surface area (TPSA) is 15.3 Å². The maximum Gasteiger partial charge on any atom is 0.0303 e. The van der Waals surface area contributed by atoms with E-state index in [4.69, 9.17) is 0 Å². The molecule has 0 spiro atoms. The monoisotopic (exact) mass is 270 g/mol. The van der Waals surface area contributed by atoms with Crippen molar-refractivity contribution in [3.05, 3.63) is 0 Å². The Kier molecular flexibility index (Phi) is 5.84. The molecular formula is C15H30N2S. The first-order valence-corrected chi connectivity index (χ1v) is 8.92. The molecule has 2 fully saturated rings. The Morgan fingerprint density at radius 1 is 1.22 bits per heavy atom. The van der Waals surface area contributed by atoms with Gasteiger partial charge in [-0.05, 0) is 50.9 Å². The smallest absolute Gasteiger partial charge is 0.0303 e. The van der Waals surface area contributed by atoms with Gasteiger partial charge in [0.05, 0.1) is 0 Å². The fourth-order valence-corrected chi connectivity index (χ4v) is 4.69. The van der Waals surface area contributed by atoms with Gasteiger partial charge in [-0.2, -0.15) is 11.8 Å². The normalized spacial score (nSPS) is 30.0. The summed E-state index contributed by atoms with van der Waals surface area (Å²) in [4.78, 5) is 2.75. The molecule has 18 heavy (non-hydrogen) atoms. The summed E-state index contributed by atoms with van der Waals surface area (Å²) in [5.41, 5.74) is 0.385. The first-order chi connectivity index (χ1) is 8.78. The maximum absolute atomic E-state index is 3.81. The van der Waals surface area contributed by atoms with Gasteiger partial charge in [0, 0.05) is 23.9 Å². The van der Waals surface area contributed by atoms with Crippen LogP contribution in [0.4, 0.5) is 0 Å². The zero-order chi connectivity index (χ0) is 12.8. The zero-order valence-electron chi connectivity index (χ0n) is 12.2. The lowest BCUT2D eigenvalue weighted by Gasteiger charge is -2.37. The molecule has 0 amide bonds. The molecule has 106 valence electrons. The fourth-order valence-electron chi connectivity index (χ4n) is 3.34. The fraction of sp³-hybridized carbons (Fsp3) is 1.00. The predicted molar refractivity (Wildman–Crippen MR) is 82.5 cm³/mol. The summed E-state index contributed by atoms with van der Waals surface area (Å²) < 4.78 is 0. The van der Waals surface area contributed by atoms with Crippen molar-refractivity contribution < 1.29 is 0 Å². The number of nitrogens with one attached hydrogen (secondary N) is 1. The lowest BCUT2D eigenvalue weighted by atomic mass is 9.92. The van der Waals surface area contributed by atoms with Crippen molar-refractivity contribution in [1.82, 2.24) is 10.2 Å². The van der Waals surface area contributed by atoms with E-state index in [0.717, 1.165) is 5.25 Å². The summed E-state index contributed by atoms with van der Waals surface area (Å²) >= 11 is 2.22. The summed E-state index contributed by atoms with van der Waals surface area (Å²) in [5, 5.41) is 4.72. The van der Waals surface area contributed by atoms with Crippen LogP contribution in [0, 0.1) is 0 Å². The van der Waals surface area contributed by atoms with E-state index in [2.05, 4.69) is 35.8 Å². The van der Waals surface area contributed by atoms with Gasteiger partial charge in [0.1, 0.15) is 0 Å². The molecule has 0 aliphatic carbocycles. The second kappa shape index (κ2) is 7.16. The van der Waals surface area contributed by atoms with Crippen molar-refractivity contribution in [3.8, 4) is 0 Å². The summed E-state index contributed by atoms with van der Waals surface area (Å²) in [5.74, 6) is 1.39.